The first kappa shape index (κ1) is 20.1. The van der Waals surface area contributed by atoms with E-state index in [9.17, 15) is 8.42 Å². The lowest BCUT2D eigenvalue weighted by Gasteiger charge is -2.08. The highest BCUT2D eigenvalue weighted by Gasteiger charge is 2.24. The SMILES string of the molecule is COc1ccc(-c2nc(NCc3cccs3)n(S(=O)(=O)c3ccc(C)cc3)n2)cc1. The smallest absolute Gasteiger partial charge is 0.286 e. The van der Waals surface area contributed by atoms with Gasteiger partial charge < -0.3 is 10.1 Å². The topological polar surface area (TPSA) is 86.1 Å². The highest BCUT2D eigenvalue weighted by molar-refractivity contribution is 7.90. The van der Waals surface area contributed by atoms with Crippen molar-refractivity contribution in [3.63, 3.8) is 0 Å². The van der Waals surface area contributed by atoms with Crippen molar-refractivity contribution in [2.75, 3.05) is 12.4 Å². The van der Waals surface area contributed by atoms with Gasteiger partial charge >= 0.3 is 0 Å². The van der Waals surface area contributed by atoms with Crippen molar-refractivity contribution in [3.05, 3.63) is 76.5 Å². The van der Waals surface area contributed by atoms with E-state index in [0.29, 0.717) is 23.7 Å². The summed E-state index contributed by atoms with van der Waals surface area (Å²) in [6.07, 6.45) is 0. The van der Waals surface area contributed by atoms with Crippen LogP contribution in [-0.4, -0.2) is 29.7 Å². The van der Waals surface area contributed by atoms with Crippen molar-refractivity contribution in [3.8, 4) is 17.1 Å². The summed E-state index contributed by atoms with van der Waals surface area (Å²) < 4.78 is 32.7. The van der Waals surface area contributed by atoms with Gasteiger partial charge in [0.1, 0.15) is 5.75 Å². The second-order valence-corrected chi connectivity index (χ2v) is 9.38. The molecule has 4 rings (SSSR count). The maximum atomic E-state index is 13.3. The van der Waals surface area contributed by atoms with Crippen LogP contribution in [0.25, 0.3) is 11.4 Å². The van der Waals surface area contributed by atoms with Gasteiger partial charge in [-0.1, -0.05) is 23.8 Å². The molecule has 0 aliphatic heterocycles. The summed E-state index contributed by atoms with van der Waals surface area (Å²) in [6, 6.07) is 17.7. The molecule has 0 atom stereocenters. The molecular formula is C21H20N4O3S2. The van der Waals surface area contributed by atoms with Gasteiger partial charge in [0.15, 0.2) is 5.82 Å². The van der Waals surface area contributed by atoms with Gasteiger partial charge in [0.05, 0.1) is 18.6 Å². The number of ether oxygens (including phenoxy) is 1. The summed E-state index contributed by atoms with van der Waals surface area (Å²) in [5.74, 6) is 1.17. The number of thiophene rings is 1. The standard InChI is InChI=1S/C21H20N4O3S2/c1-15-5-11-19(12-6-15)30(26,27)25-21(22-14-18-4-3-13-29-18)23-20(24-25)16-7-9-17(28-2)10-8-16/h3-13H,14H2,1-2H3,(H,22,23,24). The Morgan fingerprint density at radius 1 is 1.07 bits per heavy atom. The van der Waals surface area contributed by atoms with Crippen LogP contribution in [0.15, 0.2) is 70.9 Å². The molecule has 30 heavy (non-hydrogen) atoms. The second-order valence-electron chi connectivity index (χ2n) is 6.58. The largest absolute Gasteiger partial charge is 0.497 e. The van der Waals surface area contributed by atoms with E-state index >= 15 is 0 Å². The molecule has 0 bridgehead atoms. The molecule has 0 unspecified atom stereocenters. The second kappa shape index (κ2) is 8.29. The van der Waals surface area contributed by atoms with Crippen LogP contribution in [0.1, 0.15) is 10.4 Å². The average molecular weight is 441 g/mol. The van der Waals surface area contributed by atoms with Gasteiger partial charge in [0.2, 0.25) is 5.95 Å². The molecule has 0 saturated carbocycles. The molecule has 0 fully saturated rings. The molecule has 9 heteroatoms. The highest BCUT2D eigenvalue weighted by atomic mass is 32.2. The van der Waals surface area contributed by atoms with Crippen LogP contribution in [0, 0.1) is 6.92 Å². The average Bonchev–Trinajstić information content (AvgIpc) is 3.43. The van der Waals surface area contributed by atoms with Crippen LogP contribution < -0.4 is 10.1 Å². The van der Waals surface area contributed by atoms with Crippen molar-refractivity contribution in [1.29, 1.82) is 0 Å². The fraction of sp³-hybridized carbons (Fsp3) is 0.143. The predicted molar refractivity (Wildman–Crippen MR) is 117 cm³/mol. The zero-order valence-electron chi connectivity index (χ0n) is 16.4. The third-order valence-electron chi connectivity index (χ3n) is 4.47. The summed E-state index contributed by atoms with van der Waals surface area (Å²) in [6.45, 7) is 2.35. The molecule has 2 aromatic heterocycles. The van der Waals surface area contributed by atoms with E-state index in [4.69, 9.17) is 4.74 Å². The van der Waals surface area contributed by atoms with Crippen LogP contribution in [0.2, 0.25) is 0 Å². The first-order chi connectivity index (χ1) is 14.5. The molecule has 0 spiro atoms. The van der Waals surface area contributed by atoms with E-state index in [2.05, 4.69) is 15.4 Å². The minimum Gasteiger partial charge on any atom is -0.497 e. The van der Waals surface area contributed by atoms with Crippen molar-refractivity contribution in [2.24, 2.45) is 0 Å². The van der Waals surface area contributed by atoms with Crippen LogP contribution in [0.4, 0.5) is 5.95 Å². The molecule has 4 aromatic rings. The Bertz CT molecular complexity index is 1230. The number of nitrogens with zero attached hydrogens (tertiary/aromatic N) is 3. The van der Waals surface area contributed by atoms with Crippen LogP contribution in [0.5, 0.6) is 5.75 Å². The van der Waals surface area contributed by atoms with Crippen molar-refractivity contribution in [1.82, 2.24) is 14.2 Å². The number of hydrogen-bond acceptors (Lipinski definition) is 7. The molecule has 0 amide bonds. The normalized spacial score (nSPS) is 11.4. The van der Waals surface area contributed by atoms with Gasteiger partial charge in [-0.3, -0.25) is 0 Å². The fourth-order valence-electron chi connectivity index (χ4n) is 2.83. The van der Waals surface area contributed by atoms with E-state index < -0.39 is 10.0 Å². The van der Waals surface area contributed by atoms with Gasteiger partial charge in [-0.15, -0.1) is 20.5 Å². The van der Waals surface area contributed by atoms with E-state index in [1.54, 1.807) is 67.0 Å². The molecule has 0 aliphatic rings. The van der Waals surface area contributed by atoms with Gasteiger partial charge in [0, 0.05) is 10.4 Å². The Balaban J connectivity index is 1.75. The number of benzene rings is 2. The van der Waals surface area contributed by atoms with Crippen LogP contribution in [0.3, 0.4) is 0 Å². The molecule has 7 nitrogen and oxygen atoms in total. The fourth-order valence-corrected chi connectivity index (χ4v) is 4.67. The lowest BCUT2D eigenvalue weighted by molar-refractivity contribution is 0.415. The van der Waals surface area contributed by atoms with E-state index in [1.807, 2.05) is 24.4 Å². The van der Waals surface area contributed by atoms with Gasteiger partial charge in [0.25, 0.3) is 10.0 Å². The Hall–Kier alpha value is -3.17. The van der Waals surface area contributed by atoms with Crippen LogP contribution >= 0.6 is 11.3 Å². The lowest BCUT2D eigenvalue weighted by Crippen LogP contribution is -2.18. The number of aromatic nitrogens is 3. The summed E-state index contributed by atoms with van der Waals surface area (Å²) >= 11 is 1.58. The third kappa shape index (κ3) is 4.07. The first-order valence-electron chi connectivity index (χ1n) is 9.17. The maximum absolute atomic E-state index is 13.3. The number of anilines is 1. The first-order valence-corrected chi connectivity index (χ1v) is 11.5. The van der Waals surface area contributed by atoms with Crippen molar-refractivity contribution >= 4 is 27.3 Å². The molecule has 1 N–H and O–H groups in total. The van der Waals surface area contributed by atoms with Crippen molar-refractivity contribution < 1.29 is 13.2 Å². The number of nitrogens with one attached hydrogen (secondary N) is 1. The zero-order chi connectivity index (χ0) is 21.1. The van der Waals surface area contributed by atoms with Crippen LogP contribution in [-0.2, 0) is 16.6 Å². The summed E-state index contributed by atoms with van der Waals surface area (Å²) in [7, 11) is -2.33. The Morgan fingerprint density at radius 2 is 1.80 bits per heavy atom. The molecule has 2 heterocycles. The lowest BCUT2D eigenvalue weighted by atomic mass is 10.2. The quantitative estimate of drug-likeness (QED) is 0.464. The summed E-state index contributed by atoms with van der Waals surface area (Å²) in [5.41, 5.74) is 1.66. The number of rotatable bonds is 7. The molecule has 0 aliphatic carbocycles. The Morgan fingerprint density at radius 3 is 2.43 bits per heavy atom. The van der Waals surface area contributed by atoms with E-state index in [-0.39, 0.29) is 10.8 Å². The number of aryl methyl sites for hydroxylation is 1. The third-order valence-corrected chi connectivity index (χ3v) is 6.93. The maximum Gasteiger partial charge on any atom is 0.286 e. The highest BCUT2D eigenvalue weighted by Crippen LogP contribution is 2.25. The van der Waals surface area contributed by atoms with E-state index in [0.717, 1.165) is 14.5 Å². The minimum absolute atomic E-state index is 0.151. The van der Waals surface area contributed by atoms with Gasteiger partial charge in [-0.25, -0.2) is 0 Å². The van der Waals surface area contributed by atoms with Gasteiger partial charge in [-0.2, -0.15) is 13.4 Å². The summed E-state index contributed by atoms with van der Waals surface area (Å²) in [5, 5.41) is 9.40. The molecule has 2 aromatic carbocycles. The Kier molecular flexibility index (Phi) is 5.56. The Labute approximate surface area is 179 Å². The minimum atomic E-state index is -3.92. The molecule has 0 radical (unpaired) electrons. The molecular weight excluding hydrogens is 420 g/mol. The van der Waals surface area contributed by atoms with Crippen molar-refractivity contribution in [2.45, 2.75) is 18.4 Å². The monoisotopic (exact) mass is 440 g/mol. The number of hydrogen-bond donors (Lipinski definition) is 1. The summed E-state index contributed by atoms with van der Waals surface area (Å²) in [4.78, 5) is 5.68. The predicted octanol–water partition coefficient (Wildman–Crippen LogP) is 4.17. The van der Waals surface area contributed by atoms with Gasteiger partial charge in [-0.05, 0) is 54.8 Å². The molecule has 154 valence electrons. The van der Waals surface area contributed by atoms with E-state index in [1.165, 1.54) is 0 Å². The molecule has 0 saturated heterocycles. The zero-order valence-corrected chi connectivity index (χ0v) is 18.1. The number of methoxy groups -OCH3 is 1.